The fourth-order valence-corrected chi connectivity index (χ4v) is 14.6. The van der Waals surface area contributed by atoms with Gasteiger partial charge >= 0.3 is 39.5 Å². The number of hydrogen-bond acceptors (Lipinski definition) is 15. The highest BCUT2D eigenvalue weighted by atomic mass is 31.2. The van der Waals surface area contributed by atoms with E-state index in [1.807, 2.05) is 0 Å². The van der Waals surface area contributed by atoms with Crippen molar-refractivity contribution in [3.8, 4) is 0 Å². The van der Waals surface area contributed by atoms with E-state index in [2.05, 4.69) is 41.5 Å². The third-order valence-corrected chi connectivity index (χ3v) is 22.0. The molecule has 0 aliphatic rings. The van der Waals surface area contributed by atoms with Crippen LogP contribution in [-0.4, -0.2) is 96.7 Å². The molecule has 3 N–H and O–H groups in total. The van der Waals surface area contributed by atoms with Crippen LogP contribution < -0.4 is 0 Å². The summed E-state index contributed by atoms with van der Waals surface area (Å²) in [5.74, 6) is -0.593. The van der Waals surface area contributed by atoms with Crippen molar-refractivity contribution in [1.82, 2.24) is 0 Å². The van der Waals surface area contributed by atoms with Crippen molar-refractivity contribution in [2.45, 2.75) is 464 Å². The SMILES string of the molecule is CCCCCCCCCCCCCCCCCCCCCCC(=O)O[C@H](COC(=O)CCCCCCCCCCCCCCCCCCCCC)COP(=O)(O)OC[C@@H](O)COP(=O)(O)OC[C@@H](COC(=O)CCCCCCCCCCC(C)CC)OC(=O)CCCCCCCCCCCC(C)C. The largest absolute Gasteiger partial charge is 0.472 e. The van der Waals surface area contributed by atoms with Crippen LogP contribution in [0, 0.1) is 11.8 Å². The smallest absolute Gasteiger partial charge is 0.462 e. The van der Waals surface area contributed by atoms with Gasteiger partial charge in [0.25, 0.3) is 0 Å². The molecule has 0 aromatic rings. The molecule has 612 valence electrons. The normalized spacial score (nSPS) is 14.1. The van der Waals surface area contributed by atoms with E-state index >= 15 is 0 Å². The Bertz CT molecular complexity index is 1980. The molecule has 17 nitrogen and oxygen atoms in total. The fourth-order valence-electron chi connectivity index (χ4n) is 13.0. The predicted molar refractivity (Wildman–Crippen MR) is 423 cm³/mol. The summed E-state index contributed by atoms with van der Waals surface area (Å²) in [5.41, 5.74) is 0. The first-order valence-corrected chi connectivity index (χ1v) is 46.5. The fraction of sp³-hybridized carbons (Fsp3) is 0.952. The number of esters is 4. The van der Waals surface area contributed by atoms with Gasteiger partial charge in [-0.15, -0.1) is 0 Å². The van der Waals surface area contributed by atoms with E-state index in [4.69, 9.17) is 37.0 Å². The molecule has 0 saturated heterocycles. The molecule has 6 atom stereocenters. The molecule has 0 rings (SSSR count). The second-order valence-electron chi connectivity index (χ2n) is 30.9. The average Bonchev–Trinajstić information content (AvgIpc) is 0.915. The second kappa shape index (κ2) is 75.5. The number of aliphatic hydroxyl groups excluding tert-OH is 1. The summed E-state index contributed by atoms with van der Waals surface area (Å²) in [7, 11) is -9.92. The zero-order valence-corrected chi connectivity index (χ0v) is 69.4. The number of unbranched alkanes of at least 4 members (excludes halogenated alkanes) is 52. The lowest BCUT2D eigenvalue weighted by molar-refractivity contribution is -0.161. The maximum absolute atomic E-state index is 13.1. The van der Waals surface area contributed by atoms with E-state index in [0.717, 1.165) is 102 Å². The molecule has 0 saturated carbocycles. The quantitative estimate of drug-likeness (QED) is 0.0222. The Hall–Kier alpha value is -1.94. The Balaban J connectivity index is 5.23. The molecule has 3 unspecified atom stereocenters. The molecule has 0 aromatic heterocycles. The van der Waals surface area contributed by atoms with Crippen molar-refractivity contribution in [3.63, 3.8) is 0 Å². The standard InChI is InChI=1S/C84H164O17P2/c1-7-10-12-14-16-18-20-22-24-26-28-30-32-34-36-38-42-50-56-62-68-83(88)100-79(72-94-81(86)66-60-54-48-41-37-35-33-31-29-27-25-23-21-19-17-15-13-11-8-2)74-98-102(90,91)96-70-78(85)71-97-103(92,93)99-75-80(101-84(89)69-63-57-51-43-39-40-46-52-58-64-76(4)5)73-95-82(87)67-61-55-49-45-44-47-53-59-65-77(6)9-3/h76-80,85H,7-75H2,1-6H3,(H,90,91)(H,92,93)/t77?,78-,79-,80-/m1/s1. The minimum atomic E-state index is -4.96. The van der Waals surface area contributed by atoms with Crippen LogP contribution >= 0.6 is 15.6 Å². The Morgan fingerprint density at radius 1 is 0.282 bits per heavy atom. The molecule has 0 heterocycles. The van der Waals surface area contributed by atoms with Crippen LogP contribution in [0.5, 0.6) is 0 Å². The molecule has 0 spiro atoms. The zero-order valence-electron chi connectivity index (χ0n) is 67.6. The van der Waals surface area contributed by atoms with E-state index in [1.54, 1.807) is 0 Å². The first-order valence-electron chi connectivity index (χ1n) is 43.5. The number of hydrogen-bond donors (Lipinski definition) is 3. The van der Waals surface area contributed by atoms with Crippen LogP contribution in [0.25, 0.3) is 0 Å². The maximum atomic E-state index is 13.1. The number of aliphatic hydroxyl groups is 1. The highest BCUT2D eigenvalue weighted by molar-refractivity contribution is 7.47. The Labute approximate surface area is 632 Å². The number of phosphoric ester groups is 2. The molecule has 0 aliphatic heterocycles. The summed E-state index contributed by atoms with van der Waals surface area (Å²) in [5, 5.41) is 10.7. The number of ether oxygens (including phenoxy) is 4. The predicted octanol–water partition coefficient (Wildman–Crippen LogP) is 25.5. The van der Waals surface area contributed by atoms with E-state index in [-0.39, 0.29) is 25.7 Å². The van der Waals surface area contributed by atoms with Crippen LogP contribution in [0.3, 0.4) is 0 Å². The van der Waals surface area contributed by atoms with Gasteiger partial charge in [0.2, 0.25) is 0 Å². The molecule has 0 aromatic carbocycles. The molecule has 0 bridgehead atoms. The van der Waals surface area contributed by atoms with Gasteiger partial charge in [-0.2, -0.15) is 0 Å². The Morgan fingerprint density at radius 3 is 0.738 bits per heavy atom. The summed E-state index contributed by atoms with van der Waals surface area (Å²) < 4.78 is 68.8. The van der Waals surface area contributed by atoms with Crippen LogP contribution in [-0.2, 0) is 65.4 Å². The lowest BCUT2D eigenvalue weighted by Crippen LogP contribution is -2.30. The van der Waals surface area contributed by atoms with Gasteiger partial charge in [-0.1, -0.05) is 395 Å². The minimum Gasteiger partial charge on any atom is -0.462 e. The summed E-state index contributed by atoms with van der Waals surface area (Å²) in [4.78, 5) is 73.1. The lowest BCUT2D eigenvalue weighted by Gasteiger charge is -2.21. The summed E-state index contributed by atoms with van der Waals surface area (Å²) in [6, 6.07) is 0. The van der Waals surface area contributed by atoms with Crippen molar-refractivity contribution in [2.24, 2.45) is 11.8 Å². The summed E-state index contributed by atoms with van der Waals surface area (Å²) in [6.07, 6.45) is 66.7. The van der Waals surface area contributed by atoms with Crippen molar-refractivity contribution in [3.05, 3.63) is 0 Å². The van der Waals surface area contributed by atoms with E-state index in [0.29, 0.717) is 25.7 Å². The van der Waals surface area contributed by atoms with Crippen molar-refractivity contribution in [1.29, 1.82) is 0 Å². The molecule has 103 heavy (non-hydrogen) atoms. The number of rotatable bonds is 83. The van der Waals surface area contributed by atoms with Gasteiger partial charge in [-0.3, -0.25) is 37.3 Å². The van der Waals surface area contributed by atoms with Gasteiger partial charge in [-0.25, -0.2) is 9.13 Å². The van der Waals surface area contributed by atoms with Gasteiger partial charge in [0.1, 0.15) is 19.3 Å². The molecule has 19 heteroatoms. The van der Waals surface area contributed by atoms with Gasteiger partial charge in [-0.05, 0) is 37.5 Å². The Morgan fingerprint density at radius 2 is 0.495 bits per heavy atom. The van der Waals surface area contributed by atoms with Crippen molar-refractivity contribution in [2.75, 3.05) is 39.6 Å². The topological polar surface area (TPSA) is 237 Å². The van der Waals surface area contributed by atoms with Crippen LogP contribution in [0.4, 0.5) is 0 Å². The first-order chi connectivity index (χ1) is 49.9. The minimum absolute atomic E-state index is 0.105. The number of carbonyl (C=O) groups excluding carboxylic acids is 4. The monoisotopic (exact) mass is 1510 g/mol. The molecule has 0 radical (unpaired) electrons. The molecule has 0 aliphatic carbocycles. The third kappa shape index (κ3) is 76.6. The summed E-state index contributed by atoms with van der Waals surface area (Å²) >= 11 is 0. The number of carbonyl (C=O) groups is 4. The molecule has 0 fully saturated rings. The molecular formula is C84H164O17P2. The first kappa shape index (κ1) is 101. The maximum Gasteiger partial charge on any atom is 0.472 e. The van der Waals surface area contributed by atoms with Gasteiger partial charge in [0.15, 0.2) is 12.2 Å². The van der Waals surface area contributed by atoms with Crippen molar-refractivity contribution >= 4 is 39.5 Å². The number of phosphoric acid groups is 2. The van der Waals surface area contributed by atoms with E-state index < -0.39 is 97.5 Å². The van der Waals surface area contributed by atoms with E-state index in [1.165, 1.54) is 263 Å². The average molecular weight is 1510 g/mol. The van der Waals surface area contributed by atoms with Gasteiger partial charge in [0, 0.05) is 25.7 Å². The van der Waals surface area contributed by atoms with Crippen LogP contribution in [0.1, 0.15) is 446 Å². The van der Waals surface area contributed by atoms with Gasteiger partial charge < -0.3 is 33.8 Å². The third-order valence-electron chi connectivity index (χ3n) is 20.1. The second-order valence-corrected chi connectivity index (χ2v) is 33.8. The molecule has 0 amide bonds. The highest BCUT2D eigenvalue weighted by Crippen LogP contribution is 2.45. The molecular weight excluding hydrogens is 1340 g/mol. The van der Waals surface area contributed by atoms with E-state index in [9.17, 15) is 43.2 Å². The van der Waals surface area contributed by atoms with Crippen LogP contribution in [0.2, 0.25) is 0 Å². The summed E-state index contributed by atoms with van der Waals surface area (Å²) in [6.45, 7) is 9.63. The Kier molecular flexibility index (Phi) is 74.1. The highest BCUT2D eigenvalue weighted by Gasteiger charge is 2.30. The van der Waals surface area contributed by atoms with Crippen molar-refractivity contribution < 1.29 is 80.2 Å². The van der Waals surface area contributed by atoms with Gasteiger partial charge in [0.05, 0.1) is 26.4 Å². The van der Waals surface area contributed by atoms with Crippen LogP contribution in [0.15, 0.2) is 0 Å². The lowest BCUT2D eigenvalue weighted by atomic mass is 9.99. The zero-order chi connectivity index (χ0) is 75.6.